The highest BCUT2D eigenvalue weighted by Crippen LogP contribution is 2.29. The van der Waals surface area contributed by atoms with Gasteiger partial charge in [-0.25, -0.2) is 9.78 Å². The Hall–Kier alpha value is -3.61. The van der Waals surface area contributed by atoms with Crippen LogP contribution in [0.2, 0.25) is 0 Å². The quantitative estimate of drug-likeness (QED) is 0.619. The van der Waals surface area contributed by atoms with Crippen molar-refractivity contribution < 1.29 is 23.8 Å². The molecule has 0 radical (unpaired) electrons. The Bertz CT molecular complexity index is 1030. The van der Waals surface area contributed by atoms with Crippen molar-refractivity contribution in [3.8, 4) is 11.5 Å². The lowest BCUT2D eigenvalue weighted by Crippen LogP contribution is -2.31. The summed E-state index contributed by atoms with van der Waals surface area (Å²) in [6.45, 7) is 1.39. The summed E-state index contributed by atoms with van der Waals surface area (Å²) >= 11 is 0. The molecule has 7 nitrogen and oxygen atoms in total. The molecule has 1 atom stereocenters. The van der Waals surface area contributed by atoms with Crippen molar-refractivity contribution >= 4 is 22.8 Å². The lowest BCUT2D eigenvalue weighted by molar-refractivity contribution is -0.124. The van der Waals surface area contributed by atoms with E-state index in [1.54, 1.807) is 44.6 Å². The number of carbonyl (C=O) groups excluding carboxylic acids is 2. The lowest BCUT2D eigenvalue weighted by atomic mass is 10.1. The number of para-hydroxylation sites is 1. The molecule has 1 aromatic heterocycles. The third kappa shape index (κ3) is 4.82. The molecule has 0 aliphatic rings. The minimum Gasteiger partial charge on any atom is -0.497 e. The van der Waals surface area contributed by atoms with Gasteiger partial charge in [0.25, 0.3) is 5.91 Å². The van der Waals surface area contributed by atoms with Gasteiger partial charge in [-0.05, 0) is 37.3 Å². The summed E-state index contributed by atoms with van der Waals surface area (Å²) in [4.78, 5) is 28.7. The fourth-order valence-corrected chi connectivity index (χ4v) is 2.92. The van der Waals surface area contributed by atoms with Gasteiger partial charge in [-0.1, -0.05) is 24.3 Å². The Kier molecular flexibility index (Phi) is 6.29. The van der Waals surface area contributed by atoms with E-state index < -0.39 is 18.5 Å². The Labute approximate surface area is 168 Å². The van der Waals surface area contributed by atoms with E-state index in [4.69, 9.17) is 14.2 Å². The van der Waals surface area contributed by atoms with Gasteiger partial charge in [-0.2, -0.15) is 0 Å². The number of nitrogens with zero attached hydrogens (tertiary/aromatic N) is 1. The van der Waals surface area contributed by atoms with Crippen LogP contribution < -0.4 is 14.8 Å². The van der Waals surface area contributed by atoms with Crippen molar-refractivity contribution in [3.05, 3.63) is 65.9 Å². The first-order chi connectivity index (χ1) is 14.0. The predicted molar refractivity (Wildman–Crippen MR) is 108 cm³/mol. The van der Waals surface area contributed by atoms with E-state index in [9.17, 15) is 9.59 Å². The van der Waals surface area contributed by atoms with E-state index in [0.717, 1.165) is 10.9 Å². The van der Waals surface area contributed by atoms with Crippen LogP contribution in [0.15, 0.2) is 54.6 Å². The number of carbonyl (C=O) groups is 2. The van der Waals surface area contributed by atoms with Gasteiger partial charge >= 0.3 is 5.97 Å². The van der Waals surface area contributed by atoms with Gasteiger partial charge in [0.05, 0.1) is 25.8 Å². The number of fused-ring (bicyclic) bond motifs is 1. The number of aromatic nitrogens is 1. The minimum atomic E-state index is -0.655. The maximum absolute atomic E-state index is 12.2. The fraction of sp³-hybridized carbons (Fsp3) is 0.227. The second-order valence-electron chi connectivity index (χ2n) is 6.36. The van der Waals surface area contributed by atoms with Gasteiger partial charge in [0, 0.05) is 10.9 Å². The van der Waals surface area contributed by atoms with Crippen LogP contribution in [-0.4, -0.2) is 37.7 Å². The van der Waals surface area contributed by atoms with Crippen LogP contribution in [0.3, 0.4) is 0 Å². The smallest absolute Gasteiger partial charge is 0.357 e. The van der Waals surface area contributed by atoms with E-state index >= 15 is 0 Å². The fourth-order valence-electron chi connectivity index (χ4n) is 2.92. The molecule has 1 heterocycles. The van der Waals surface area contributed by atoms with E-state index in [-0.39, 0.29) is 11.7 Å². The lowest BCUT2D eigenvalue weighted by Gasteiger charge is -2.18. The molecule has 1 N–H and O–H groups in total. The molecule has 29 heavy (non-hydrogen) atoms. The SMILES string of the molecule is COc1ccc(OC)c([C@@H](C)NC(=O)COC(=O)c2ccc3ccccc3n2)c1. The van der Waals surface area contributed by atoms with Gasteiger partial charge in [-0.3, -0.25) is 4.79 Å². The molecule has 3 aromatic rings. The van der Waals surface area contributed by atoms with Crippen LogP contribution in [-0.2, 0) is 9.53 Å². The maximum atomic E-state index is 12.2. The molecule has 0 aliphatic carbocycles. The number of hydrogen-bond donors (Lipinski definition) is 1. The molecule has 7 heteroatoms. The second kappa shape index (κ2) is 9.05. The molecule has 150 valence electrons. The highest BCUT2D eigenvalue weighted by Gasteiger charge is 2.17. The number of rotatable bonds is 7. The Morgan fingerprint density at radius 2 is 1.83 bits per heavy atom. The number of ether oxygens (including phenoxy) is 3. The van der Waals surface area contributed by atoms with Crippen molar-refractivity contribution in [3.63, 3.8) is 0 Å². The average Bonchev–Trinajstić information content (AvgIpc) is 2.76. The van der Waals surface area contributed by atoms with Crippen LogP contribution in [0.1, 0.15) is 29.0 Å². The summed E-state index contributed by atoms with van der Waals surface area (Å²) in [5, 5.41) is 3.71. The number of methoxy groups -OCH3 is 2. The van der Waals surface area contributed by atoms with Crippen LogP contribution in [0.5, 0.6) is 11.5 Å². The van der Waals surface area contributed by atoms with Crippen LogP contribution in [0, 0.1) is 0 Å². The van der Waals surface area contributed by atoms with Crippen LogP contribution in [0.25, 0.3) is 10.9 Å². The Balaban J connectivity index is 1.61. The van der Waals surface area contributed by atoms with E-state index in [2.05, 4.69) is 10.3 Å². The van der Waals surface area contributed by atoms with E-state index in [1.165, 1.54) is 0 Å². The molecule has 2 aromatic carbocycles. The zero-order valence-corrected chi connectivity index (χ0v) is 16.5. The predicted octanol–water partition coefficient (Wildman–Crippen LogP) is 3.29. The molecule has 0 saturated carbocycles. The zero-order chi connectivity index (χ0) is 20.8. The highest BCUT2D eigenvalue weighted by molar-refractivity contribution is 5.92. The van der Waals surface area contributed by atoms with Crippen molar-refractivity contribution in [1.82, 2.24) is 10.3 Å². The van der Waals surface area contributed by atoms with Crippen molar-refractivity contribution in [2.45, 2.75) is 13.0 Å². The van der Waals surface area contributed by atoms with E-state index in [0.29, 0.717) is 17.0 Å². The average molecular weight is 394 g/mol. The van der Waals surface area contributed by atoms with Gasteiger partial charge in [0.2, 0.25) is 0 Å². The topological polar surface area (TPSA) is 86.8 Å². The molecule has 0 spiro atoms. The number of nitrogens with one attached hydrogen (secondary N) is 1. The Morgan fingerprint density at radius 1 is 1.03 bits per heavy atom. The first-order valence-electron chi connectivity index (χ1n) is 9.06. The molecule has 0 bridgehead atoms. The van der Waals surface area contributed by atoms with Gasteiger partial charge in [-0.15, -0.1) is 0 Å². The van der Waals surface area contributed by atoms with Gasteiger partial charge in [0.1, 0.15) is 17.2 Å². The molecule has 3 rings (SSSR count). The maximum Gasteiger partial charge on any atom is 0.357 e. The van der Waals surface area contributed by atoms with Gasteiger partial charge in [0.15, 0.2) is 6.61 Å². The molecule has 1 amide bonds. The largest absolute Gasteiger partial charge is 0.497 e. The van der Waals surface area contributed by atoms with Crippen LogP contribution in [0.4, 0.5) is 0 Å². The minimum absolute atomic E-state index is 0.152. The summed E-state index contributed by atoms with van der Waals surface area (Å²) in [6.07, 6.45) is 0. The number of pyridine rings is 1. The molecule has 0 fully saturated rings. The number of benzene rings is 2. The Morgan fingerprint density at radius 3 is 2.59 bits per heavy atom. The molecule has 0 unspecified atom stereocenters. The summed E-state index contributed by atoms with van der Waals surface area (Å²) in [6, 6.07) is 15.8. The first kappa shape index (κ1) is 20.1. The third-order valence-corrected chi connectivity index (χ3v) is 4.42. The number of amides is 1. The van der Waals surface area contributed by atoms with Crippen molar-refractivity contribution in [2.75, 3.05) is 20.8 Å². The van der Waals surface area contributed by atoms with Crippen LogP contribution >= 0.6 is 0 Å². The second-order valence-corrected chi connectivity index (χ2v) is 6.36. The third-order valence-electron chi connectivity index (χ3n) is 4.42. The number of hydrogen-bond acceptors (Lipinski definition) is 6. The summed E-state index contributed by atoms with van der Waals surface area (Å²) < 4.78 is 15.7. The normalized spacial score (nSPS) is 11.6. The summed E-state index contributed by atoms with van der Waals surface area (Å²) in [7, 11) is 3.12. The standard InChI is InChI=1S/C22H22N2O5/c1-14(17-12-16(27-2)9-11-20(17)28-3)23-21(25)13-29-22(26)19-10-8-15-6-4-5-7-18(15)24-19/h4-12,14H,13H2,1-3H3,(H,23,25)/t14-/m1/s1. The zero-order valence-electron chi connectivity index (χ0n) is 16.5. The summed E-state index contributed by atoms with van der Waals surface area (Å²) in [5.74, 6) is 0.181. The molecular weight excluding hydrogens is 372 g/mol. The highest BCUT2D eigenvalue weighted by atomic mass is 16.5. The number of esters is 1. The molecular formula is C22H22N2O5. The summed E-state index contributed by atoms with van der Waals surface area (Å²) in [5.41, 5.74) is 1.59. The van der Waals surface area contributed by atoms with Crippen molar-refractivity contribution in [1.29, 1.82) is 0 Å². The van der Waals surface area contributed by atoms with Gasteiger partial charge < -0.3 is 19.5 Å². The first-order valence-corrected chi connectivity index (χ1v) is 9.06. The monoisotopic (exact) mass is 394 g/mol. The van der Waals surface area contributed by atoms with E-state index in [1.807, 2.05) is 31.2 Å². The van der Waals surface area contributed by atoms with Crippen molar-refractivity contribution in [2.24, 2.45) is 0 Å². The molecule has 0 saturated heterocycles. The molecule has 0 aliphatic heterocycles.